The van der Waals surface area contributed by atoms with Crippen LogP contribution >= 0.6 is 0 Å². The van der Waals surface area contributed by atoms with E-state index in [1.165, 1.54) is 13.3 Å². The molecular weight excluding hydrogens is 190 g/mol. The van der Waals surface area contributed by atoms with E-state index in [9.17, 15) is 4.79 Å². The number of nitrogens with zero attached hydrogens (tertiary/aromatic N) is 1. The van der Waals surface area contributed by atoms with Crippen LogP contribution in [0.1, 0.15) is 13.8 Å². The summed E-state index contributed by atoms with van der Waals surface area (Å²) < 4.78 is 0. The number of aliphatic imine (C=N–C) groups is 1. The van der Waals surface area contributed by atoms with Crippen molar-refractivity contribution in [2.45, 2.75) is 13.8 Å². The van der Waals surface area contributed by atoms with E-state index in [0.29, 0.717) is 11.1 Å². The zero-order valence-electron chi connectivity index (χ0n) is 9.42. The first kappa shape index (κ1) is 13.2. The van der Waals surface area contributed by atoms with Crippen molar-refractivity contribution in [3.63, 3.8) is 0 Å². The Balaban J connectivity index is 4.74. The Morgan fingerprint density at radius 2 is 1.93 bits per heavy atom. The van der Waals surface area contributed by atoms with Crippen molar-refractivity contribution >= 4 is 12.1 Å². The molecule has 0 aliphatic carbocycles. The highest BCUT2D eigenvalue weighted by Gasteiger charge is 2.04. The molecule has 0 fully saturated rings. The molecule has 0 spiro atoms. The molecule has 15 heavy (non-hydrogen) atoms. The second kappa shape index (κ2) is 5.80. The van der Waals surface area contributed by atoms with Gasteiger partial charge in [-0.1, -0.05) is 18.7 Å². The van der Waals surface area contributed by atoms with Crippen LogP contribution in [0.5, 0.6) is 0 Å². The molecule has 0 heterocycles. The molecule has 0 aromatic carbocycles. The summed E-state index contributed by atoms with van der Waals surface area (Å²) >= 11 is 0. The van der Waals surface area contributed by atoms with E-state index in [2.05, 4.69) is 23.5 Å². The number of hydrogen-bond acceptors (Lipinski definition) is 3. The van der Waals surface area contributed by atoms with Crippen molar-refractivity contribution in [3.8, 4) is 0 Å². The van der Waals surface area contributed by atoms with Gasteiger partial charge in [-0.05, 0) is 19.4 Å². The van der Waals surface area contributed by atoms with Gasteiger partial charge in [0, 0.05) is 13.3 Å². The van der Waals surface area contributed by atoms with Gasteiger partial charge in [-0.15, -0.1) is 0 Å². The fourth-order valence-electron chi connectivity index (χ4n) is 0.658. The van der Waals surface area contributed by atoms with Gasteiger partial charge < -0.3 is 11.1 Å². The average molecular weight is 207 g/mol. The van der Waals surface area contributed by atoms with Crippen LogP contribution in [-0.2, 0) is 4.79 Å². The molecule has 0 rings (SSSR count). The number of nitrogens with two attached hydrogens (primary N) is 1. The van der Waals surface area contributed by atoms with E-state index in [4.69, 9.17) is 5.73 Å². The second-order valence-corrected chi connectivity index (χ2v) is 3.15. The Bertz CT molecular complexity index is 351. The van der Waals surface area contributed by atoms with Gasteiger partial charge in [-0.25, -0.2) is 4.99 Å². The molecule has 0 atom stereocenters. The fraction of sp³-hybridized carbons (Fsp3) is 0.273. The summed E-state index contributed by atoms with van der Waals surface area (Å²) in [5.74, 6) is -0.0673. The first-order valence-corrected chi connectivity index (χ1v) is 4.47. The molecule has 0 bridgehead atoms. The van der Waals surface area contributed by atoms with E-state index in [1.54, 1.807) is 6.92 Å². The minimum Gasteiger partial charge on any atom is -0.383 e. The van der Waals surface area contributed by atoms with E-state index in [1.807, 2.05) is 6.92 Å². The lowest BCUT2D eigenvalue weighted by molar-refractivity contribution is -0.117. The number of allylic oxidation sites excluding steroid dienone is 2. The highest BCUT2D eigenvalue weighted by molar-refractivity contribution is 5.93. The van der Waals surface area contributed by atoms with Crippen molar-refractivity contribution in [1.29, 1.82) is 0 Å². The third-order valence-corrected chi connectivity index (χ3v) is 1.86. The van der Waals surface area contributed by atoms with Crippen LogP contribution in [0.4, 0.5) is 0 Å². The minimum atomic E-state index is -0.245. The Hall–Kier alpha value is -1.84. The van der Waals surface area contributed by atoms with Gasteiger partial charge in [0.1, 0.15) is 5.82 Å². The number of nitrogens with one attached hydrogen (secondary N) is 1. The predicted molar refractivity (Wildman–Crippen MR) is 63.4 cm³/mol. The van der Waals surface area contributed by atoms with Gasteiger partial charge in [0.15, 0.2) is 0 Å². The van der Waals surface area contributed by atoms with E-state index in [-0.39, 0.29) is 11.7 Å². The van der Waals surface area contributed by atoms with Crippen LogP contribution in [0.25, 0.3) is 0 Å². The van der Waals surface area contributed by atoms with Gasteiger partial charge in [-0.2, -0.15) is 0 Å². The number of hydrogen-bond donors (Lipinski definition) is 2. The lowest BCUT2D eigenvalue weighted by atomic mass is 10.2. The van der Waals surface area contributed by atoms with Crippen molar-refractivity contribution in [3.05, 3.63) is 35.7 Å². The summed E-state index contributed by atoms with van der Waals surface area (Å²) in [6.45, 7) is 10.9. The first-order chi connectivity index (χ1) is 6.90. The van der Waals surface area contributed by atoms with Gasteiger partial charge in [0.25, 0.3) is 0 Å². The molecule has 0 aromatic heterocycles. The number of amides is 1. The van der Waals surface area contributed by atoms with Gasteiger partial charge in [0.05, 0.1) is 5.57 Å². The summed E-state index contributed by atoms with van der Waals surface area (Å²) in [6, 6.07) is 0. The van der Waals surface area contributed by atoms with Crippen molar-refractivity contribution in [2.75, 3.05) is 7.05 Å². The van der Waals surface area contributed by atoms with E-state index in [0.717, 1.165) is 5.57 Å². The van der Waals surface area contributed by atoms with E-state index >= 15 is 0 Å². The molecule has 82 valence electrons. The molecule has 0 radical (unpaired) electrons. The van der Waals surface area contributed by atoms with Crippen LogP contribution in [-0.4, -0.2) is 19.2 Å². The second-order valence-electron chi connectivity index (χ2n) is 3.15. The Labute approximate surface area is 90.3 Å². The third-order valence-electron chi connectivity index (χ3n) is 1.86. The minimum absolute atomic E-state index is 0.178. The van der Waals surface area contributed by atoms with Crippen molar-refractivity contribution in [1.82, 2.24) is 5.32 Å². The van der Waals surface area contributed by atoms with Crippen LogP contribution in [0.2, 0.25) is 0 Å². The zero-order chi connectivity index (χ0) is 12.0. The normalized spacial score (nSPS) is 12.2. The fourth-order valence-corrected chi connectivity index (χ4v) is 0.658. The van der Waals surface area contributed by atoms with Crippen LogP contribution < -0.4 is 11.1 Å². The maximum absolute atomic E-state index is 11.2. The molecule has 0 aliphatic rings. The van der Waals surface area contributed by atoms with Crippen LogP contribution in [0, 0.1) is 0 Å². The molecule has 0 saturated heterocycles. The van der Waals surface area contributed by atoms with Gasteiger partial charge in [0.2, 0.25) is 5.91 Å². The largest absolute Gasteiger partial charge is 0.383 e. The maximum Gasteiger partial charge on any atom is 0.250 e. The standard InChI is InChI=1S/C11H17N3O/c1-7(2)8(3)6-14-10(12)9(4)11(15)13-5/h6H,1,3,12H2,2,4-5H3,(H,13,15)/b10-9+,14-6?. The third kappa shape index (κ3) is 4.26. The lowest BCUT2D eigenvalue weighted by Gasteiger charge is -2.02. The summed E-state index contributed by atoms with van der Waals surface area (Å²) in [4.78, 5) is 15.1. The Morgan fingerprint density at radius 1 is 1.40 bits per heavy atom. The quantitative estimate of drug-likeness (QED) is 0.412. The van der Waals surface area contributed by atoms with Crippen molar-refractivity contribution < 1.29 is 4.79 Å². The summed E-state index contributed by atoms with van der Waals surface area (Å²) in [5, 5.41) is 2.47. The SMILES string of the molecule is C=C(C)C(=C)C=N/C(N)=C(\C)C(=O)NC. The highest BCUT2D eigenvalue weighted by atomic mass is 16.1. The summed E-state index contributed by atoms with van der Waals surface area (Å²) in [7, 11) is 1.54. The van der Waals surface area contributed by atoms with Crippen LogP contribution in [0.15, 0.2) is 40.7 Å². The van der Waals surface area contributed by atoms with E-state index < -0.39 is 0 Å². The first-order valence-electron chi connectivity index (χ1n) is 4.47. The van der Waals surface area contributed by atoms with Crippen molar-refractivity contribution in [2.24, 2.45) is 10.7 Å². The molecule has 4 heteroatoms. The zero-order valence-corrected chi connectivity index (χ0v) is 9.42. The lowest BCUT2D eigenvalue weighted by Crippen LogP contribution is -2.21. The molecule has 0 saturated carbocycles. The number of carbonyl (C=O) groups excluding carboxylic acids is 1. The van der Waals surface area contributed by atoms with Crippen LogP contribution in [0.3, 0.4) is 0 Å². The Kier molecular flexibility index (Phi) is 5.09. The smallest absolute Gasteiger partial charge is 0.250 e. The summed E-state index contributed by atoms with van der Waals surface area (Å²) in [5.41, 5.74) is 7.46. The van der Waals surface area contributed by atoms with Gasteiger partial charge >= 0.3 is 0 Å². The molecule has 0 aliphatic heterocycles. The number of carbonyl (C=O) groups is 1. The maximum atomic E-state index is 11.2. The summed E-state index contributed by atoms with van der Waals surface area (Å²) in [6.07, 6.45) is 1.49. The molecular formula is C11H17N3O. The molecule has 0 aromatic rings. The molecule has 0 unspecified atom stereocenters. The molecule has 1 amide bonds. The monoisotopic (exact) mass is 207 g/mol. The molecule has 4 nitrogen and oxygen atoms in total. The average Bonchev–Trinajstić information content (AvgIpc) is 2.22. The number of rotatable bonds is 4. The Morgan fingerprint density at radius 3 is 2.33 bits per heavy atom. The van der Waals surface area contributed by atoms with Gasteiger partial charge in [-0.3, -0.25) is 4.79 Å². The highest BCUT2D eigenvalue weighted by Crippen LogP contribution is 2.03. The topological polar surface area (TPSA) is 67.5 Å². The predicted octanol–water partition coefficient (Wildman–Crippen LogP) is 1.13. The molecule has 3 N–H and O–H groups in total. The number of likely N-dealkylation sites (N-methyl/N-ethyl adjacent to an activating group) is 1.